The van der Waals surface area contributed by atoms with Gasteiger partial charge in [0.1, 0.15) is 0 Å². The molecule has 5 heteroatoms. The minimum Gasteiger partial charge on any atom is -0.435 e. The summed E-state index contributed by atoms with van der Waals surface area (Å²) in [6.07, 6.45) is -0.121. The van der Waals surface area contributed by atoms with Crippen LogP contribution in [-0.2, 0) is 4.74 Å². The summed E-state index contributed by atoms with van der Waals surface area (Å²) < 4.78 is 4.97. The van der Waals surface area contributed by atoms with E-state index in [1.165, 1.54) is 7.05 Å². The molecule has 5 nitrogen and oxygen atoms in total. The lowest BCUT2D eigenvalue weighted by atomic mass is 10.1. The molecule has 1 rings (SSSR count). The molecule has 80 valence electrons. The Labute approximate surface area is 87.4 Å². The van der Waals surface area contributed by atoms with Crippen molar-refractivity contribution in [2.24, 2.45) is 5.16 Å². The lowest BCUT2D eigenvalue weighted by Gasteiger charge is -2.12. The van der Waals surface area contributed by atoms with Gasteiger partial charge in [-0.05, 0) is 5.56 Å². The number of alkyl carbamates (subject to hydrolysis) is 1. The van der Waals surface area contributed by atoms with Crippen LogP contribution in [0, 0.1) is 0 Å². The van der Waals surface area contributed by atoms with Crippen LogP contribution in [0.2, 0.25) is 0 Å². The molecule has 15 heavy (non-hydrogen) atoms. The second-order valence-corrected chi connectivity index (χ2v) is 2.75. The fourth-order valence-corrected chi connectivity index (χ4v) is 1.06. The van der Waals surface area contributed by atoms with E-state index in [0.29, 0.717) is 0 Å². The number of benzene rings is 1. The quantitative estimate of drug-likeness (QED) is 0.449. The Balaban J connectivity index is 2.79. The van der Waals surface area contributed by atoms with E-state index in [1.807, 2.05) is 6.07 Å². The third kappa shape index (κ3) is 3.30. The van der Waals surface area contributed by atoms with Crippen molar-refractivity contribution in [3.63, 3.8) is 0 Å². The van der Waals surface area contributed by atoms with Crippen molar-refractivity contribution in [2.45, 2.75) is 6.10 Å². The molecule has 0 heterocycles. The van der Waals surface area contributed by atoms with E-state index in [0.717, 1.165) is 11.8 Å². The zero-order valence-electron chi connectivity index (χ0n) is 8.25. The highest BCUT2D eigenvalue weighted by atomic mass is 16.6. The molecule has 0 saturated heterocycles. The average Bonchev–Trinajstić information content (AvgIpc) is 2.29. The molecular weight excluding hydrogens is 196 g/mol. The van der Waals surface area contributed by atoms with Crippen LogP contribution in [0.1, 0.15) is 11.7 Å². The van der Waals surface area contributed by atoms with E-state index in [-0.39, 0.29) is 0 Å². The molecule has 0 aromatic heterocycles. The number of oxime groups is 1. The first-order chi connectivity index (χ1) is 7.27. The van der Waals surface area contributed by atoms with Crippen LogP contribution in [0.4, 0.5) is 4.79 Å². The Hall–Kier alpha value is -2.04. The fourth-order valence-electron chi connectivity index (χ4n) is 1.06. The van der Waals surface area contributed by atoms with Gasteiger partial charge in [0.25, 0.3) is 0 Å². The van der Waals surface area contributed by atoms with Crippen LogP contribution in [-0.4, -0.2) is 24.6 Å². The lowest BCUT2D eigenvalue weighted by molar-refractivity contribution is 0.130. The summed E-state index contributed by atoms with van der Waals surface area (Å²) in [4.78, 5) is 11.0. The van der Waals surface area contributed by atoms with Crippen molar-refractivity contribution in [1.82, 2.24) is 5.32 Å². The van der Waals surface area contributed by atoms with Gasteiger partial charge < -0.3 is 15.3 Å². The number of nitrogens with zero attached hydrogens (tertiary/aromatic N) is 1. The molecule has 0 aliphatic rings. The van der Waals surface area contributed by atoms with Crippen molar-refractivity contribution in [1.29, 1.82) is 0 Å². The van der Waals surface area contributed by atoms with Gasteiger partial charge in [0, 0.05) is 7.05 Å². The standard InChI is InChI=1S/C10H12N2O3/c1-11-10(13)15-9(7-12-14)8-5-3-2-4-6-8/h2-7,9,14H,1H3,(H,11,13). The molecule has 0 saturated carbocycles. The maximum absolute atomic E-state index is 11.0. The van der Waals surface area contributed by atoms with Crippen molar-refractivity contribution >= 4 is 12.3 Å². The first kappa shape index (κ1) is 11.0. The Morgan fingerprint density at radius 2 is 2.20 bits per heavy atom. The van der Waals surface area contributed by atoms with E-state index in [2.05, 4.69) is 10.5 Å². The van der Waals surface area contributed by atoms with Crippen LogP contribution in [0.3, 0.4) is 0 Å². The van der Waals surface area contributed by atoms with Crippen molar-refractivity contribution in [3.05, 3.63) is 35.9 Å². The highest BCUT2D eigenvalue weighted by Gasteiger charge is 2.13. The van der Waals surface area contributed by atoms with E-state index >= 15 is 0 Å². The number of nitrogens with one attached hydrogen (secondary N) is 1. The molecule has 0 spiro atoms. The molecule has 0 radical (unpaired) electrons. The first-order valence-corrected chi connectivity index (χ1v) is 4.38. The topological polar surface area (TPSA) is 70.9 Å². The second-order valence-electron chi connectivity index (χ2n) is 2.75. The fraction of sp³-hybridized carbons (Fsp3) is 0.200. The normalized spacial score (nSPS) is 12.3. The molecule has 1 aromatic rings. The molecule has 1 amide bonds. The predicted octanol–water partition coefficient (Wildman–Crippen LogP) is 1.54. The van der Waals surface area contributed by atoms with Gasteiger partial charge in [-0.3, -0.25) is 0 Å². The largest absolute Gasteiger partial charge is 0.435 e. The van der Waals surface area contributed by atoms with Crippen LogP contribution in [0.5, 0.6) is 0 Å². The third-order valence-electron chi connectivity index (χ3n) is 1.77. The van der Waals surface area contributed by atoms with Crippen LogP contribution in [0.25, 0.3) is 0 Å². The highest BCUT2D eigenvalue weighted by Crippen LogP contribution is 2.14. The zero-order chi connectivity index (χ0) is 11.1. The SMILES string of the molecule is CNC(=O)OC(C=NO)c1ccccc1. The molecular formula is C10H12N2O3. The average molecular weight is 208 g/mol. The number of carbonyl (C=O) groups is 1. The Morgan fingerprint density at radius 3 is 2.73 bits per heavy atom. The van der Waals surface area contributed by atoms with Gasteiger partial charge in [-0.2, -0.15) is 0 Å². The number of hydrogen-bond donors (Lipinski definition) is 2. The Kier molecular flexibility index (Phi) is 4.15. The van der Waals surface area contributed by atoms with Gasteiger partial charge in [0.15, 0.2) is 6.10 Å². The first-order valence-electron chi connectivity index (χ1n) is 4.38. The monoisotopic (exact) mass is 208 g/mol. The summed E-state index contributed by atoms with van der Waals surface area (Å²) in [5.74, 6) is 0. The van der Waals surface area contributed by atoms with E-state index in [9.17, 15) is 4.79 Å². The third-order valence-corrected chi connectivity index (χ3v) is 1.77. The van der Waals surface area contributed by atoms with Crippen molar-refractivity contribution in [3.8, 4) is 0 Å². The van der Waals surface area contributed by atoms with Gasteiger partial charge in [-0.1, -0.05) is 35.5 Å². The van der Waals surface area contributed by atoms with Crippen LogP contribution in [0.15, 0.2) is 35.5 Å². The predicted molar refractivity (Wildman–Crippen MR) is 55.0 cm³/mol. The number of ether oxygens (including phenoxy) is 1. The second kappa shape index (κ2) is 5.64. The molecule has 0 fully saturated rings. The molecule has 0 bridgehead atoms. The van der Waals surface area contributed by atoms with Crippen LogP contribution >= 0.6 is 0 Å². The number of amides is 1. The molecule has 1 aromatic carbocycles. The number of rotatable bonds is 3. The Bertz CT molecular complexity index is 338. The van der Waals surface area contributed by atoms with E-state index < -0.39 is 12.2 Å². The van der Waals surface area contributed by atoms with Crippen molar-refractivity contribution < 1.29 is 14.7 Å². The maximum atomic E-state index is 11.0. The number of hydrogen-bond acceptors (Lipinski definition) is 4. The van der Waals surface area contributed by atoms with Gasteiger partial charge in [0.2, 0.25) is 0 Å². The maximum Gasteiger partial charge on any atom is 0.407 e. The summed E-state index contributed by atoms with van der Waals surface area (Å²) in [6.45, 7) is 0. The summed E-state index contributed by atoms with van der Waals surface area (Å²) in [5, 5.41) is 13.6. The minimum absolute atomic E-state index is 0.580. The summed E-state index contributed by atoms with van der Waals surface area (Å²) in [7, 11) is 1.46. The smallest absolute Gasteiger partial charge is 0.407 e. The van der Waals surface area contributed by atoms with E-state index in [4.69, 9.17) is 9.94 Å². The van der Waals surface area contributed by atoms with Gasteiger partial charge in [0.05, 0.1) is 6.21 Å². The summed E-state index contributed by atoms with van der Waals surface area (Å²) >= 11 is 0. The molecule has 2 N–H and O–H groups in total. The van der Waals surface area contributed by atoms with Crippen molar-refractivity contribution in [2.75, 3.05) is 7.05 Å². The summed E-state index contributed by atoms with van der Waals surface area (Å²) in [6, 6.07) is 9.00. The lowest BCUT2D eigenvalue weighted by Crippen LogP contribution is -2.22. The number of carbonyl (C=O) groups excluding carboxylic acids is 1. The highest BCUT2D eigenvalue weighted by molar-refractivity contribution is 5.73. The van der Waals surface area contributed by atoms with Gasteiger partial charge in [-0.25, -0.2) is 4.79 Å². The Morgan fingerprint density at radius 1 is 1.53 bits per heavy atom. The minimum atomic E-state index is -0.684. The van der Waals surface area contributed by atoms with Gasteiger partial charge in [-0.15, -0.1) is 0 Å². The molecule has 0 aliphatic carbocycles. The molecule has 1 unspecified atom stereocenters. The van der Waals surface area contributed by atoms with Crippen LogP contribution < -0.4 is 5.32 Å². The van der Waals surface area contributed by atoms with Gasteiger partial charge >= 0.3 is 6.09 Å². The van der Waals surface area contributed by atoms with E-state index in [1.54, 1.807) is 24.3 Å². The summed E-state index contributed by atoms with van der Waals surface area (Å²) in [5.41, 5.74) is 0.735. The molecule has 1 atom stereocenters. The zero-order valence-corrected chi connectivity index (χ0v) is 8.25. The molecule has 0 aliphatic heterocycles.